The SMILES string of the molecule is COc1ccc(C(=O)N(CC(OC)OC)C2CC(=O)N(c3ccc(-c4nc5ccc(C)cc5s4)cc3)C2=O)cc1. The second-order valence-electron chi connectivity index (χ2n) is 9.41. The lowest BCUT2D eigenvalue weighted by molar-refractivity contribution is -0.128. The summed E-state index contributed by atoms with van der Waals surface area (Å²) in [7, 11) is 4.44. The first-order valence-electron chi connectivity index (χ1n) is 12.7. The molecule has 4 aromatic rings. The number of rotatable bonds is 9. The Kier molecular flexibility index (Phi) is 7.92. The Morgan fingerprint density at radius 3 is 2.38 bits per heavy atom. The van der Waals surface area contributed by atoms with E-state index in [4.69, 9.17) is 19.2 Å². The summed E-state index contributed by atoms with van der Waals surface area (Å²) in [6.07, 6.45) is -0.934. The molecule has 0 bridgehead atoms. The lowest BCUT2D eigenvalue weighted by Crippen LogP contribution is -2.49. The first-order valence-corrected chi connectivity index (χ1v) is 13.5. The van der Waals surface area contributed by atoms with Gasteiger partial charge in [0.05, 0.1) is 36.0 Å². The average Bonchev–Trinajstić information content (AvgIpc) is 3.53. The summed E-state index contributed by atoms with van der Waals surface area (Å²) in [5.41, 5.74) is 3.76. The summed E-state index contributed by atoms with van der Waals surface area (Å²) >= 11 is 1.59. The number of benzene rings is 3. The number of hydrogen-bond acceptors (Lipinski definition) is 8. The van der Waals surface area contributed by atoms with Crippen LogP contribution in [-0.2, 0) is 19.1 Å². The van der Waals surface area contributed by atoms with Crippen LogP contribution in [0, 0.1) is 6.92 Å². The maximum atomic E-state index is 13.7. The quantitative estimate of drug-likeness (QED) is 0.217. The molecule has 1 fully saturated rings. The van der Waals surface area contributed by atoms with Crippen LogP contribution in [0.4, 0.5) is 5.69 Å². The third kappa shape index (κ3) is 5.33. The van der Waals surface area contributed by atoms with Gasteiger partial charge in [-0.3, -0.25) is 14.4 Å². The Labute approximate surface area is 235 Å². The Morgan fingerprint density at radius 1 is 1.02 bits per heavy atom. The molecule has 2 heterocycles. The van der Waals surface area contributed by atoms with E-state index in [0.717, 1.165) is 25.7 Å². The minimum atomic E-state index is -1.01. The summed E-state index contributed by atoms with van der Waals surface area (Å²) in [6.45, 7) is 2.01. The third-order valence-corrected chi connectivity index (χ3v) is 7.95. The molecule has 0 spiro atoms. The fourth-order valence-corrected chi connectivity index (χ4v) is 5.77. The van der Waals surface area contributed by atoms with E-state index in [1.54, 1.807) is 47.7 Å². The van der Waals surface area contributed by atoms with Crippen LogP contribution < -0.4 is 9.64 Å². The van der Waals surface area contributed by atoms with E-state index in [2.05, 4.69) is 6.07 Å². The van der Waals surface area contributed by atoms with Gasteiger partial charge in [0.15, 0.2) is 6.29 Å². The fraction of sp³-hybridized carbons (Fsp3) is 0.267. The normalized spacial score (nSPS) is 15.3. The molecule has 1 aliphatic rings. The lowest BCUT2D eigenvalue weighted by atomic mass is 10.1. The van der Waals surface area contributed by atoms with Gasteiger partial charge in [-0.05, 0) is 73.2 Å². The number of fused-ring (bicyclic) bond motifs is 1. The van der Waals surface area contributed by atoms with Gasteiger partial charge in [0.25, 0.3) is 11.8 Å². The summed E-state index contributed by atoms with van der Waals surface area (Å²) in [5, 5.41) is 0.852. The molecule has 1 atom stereocenters. The van der Waals surface area contributed by atoms with Crippen molar-refractivity contribution in [2.24, 2.45) is 0 Å². The van der Waals surface area contributed by atoms with Crippen LogP contribution in [0.5, 0.6) is 5.75 Å². The molecular weight excluding hydrogens is 530 g/mol. The standard InChI is InChI=1S/C30H29N3O6S/c1-18-5-14-23-25(15-18)40-28(31-23)19-6-10-21(11-7-19)33-26(34)16-24(30(33)36)32(17-27(38-3)39-4)29(35)20-8-12-22(37-2)13-9-20/h5-15,24,27H,16-17H2,1-4H3. The highest BCUT2D eigenvalue weighted by Gasteiger charge is 2.45. The molecule has 5 rings (SSSR count). The predicted molar refractivity (Wildman–Crippen MR) is 153 cm³/mol. The second-order valence-corrected chi connectivity index (χ2v) is 10.4. The maximum Gasteiger partial charge on any atom is 0.257 e. The number of carbonyl (C=O) groups excluding carboxylic acids is 3. The van der Waals surface area contributed by atoms with E-state index >= 15 is 0 Å². The molecule has 3 aromatic carbocycles. The first-order chi connectivity index (χ1) is 19.3. The molecule has 10 heteroatoms. The van der Waals surface area contributed by atoms with Crippen LogP contribution in [0.25, 0.3) is 20.8 Å². The molecule has 9 nitrogen and oxygen atoms in total. The average molecular weight is 560 g/mol. The number of hydrogen-bond donors (Lipinski definition) is 0. The van der Waals surface area contributed by atoms with Gasteiger partial charge in [-0.15, -0.1) is 11.3 Å². The summed E-state index contributed by atoms with van der Waals surface area (Å²) in [6, 6.07) is 18.8. The fourth-order valence-electron chi connectivity index (χ4n) is 4.70. The summed E-state index contributed by atoms with van der Waals surface area (Å²) in [5.74, 6) is -0.702. The number of ether oxygens (including phenoxy) is 3. The van der Waals surface area contributed by atoms with Crippen LogP contribution in [0.2, 0.25) is 0 Å². The van der Waals surface area contributed by atoms with Gasteiger partial charge in [-0.1, -0.05) is 6.07 Å². The van der Waals surface area contributed by atoms with Crippen molar-refractivity contribution in [2.45, 2.75) is 25.7 Å². The highest BCUT2D eigenvalue weighted by Crippen LogP contribution is 2.33. The van der Waals surface area contributed by atoms with Gasteiger partial charge in [-0.25, -0.2) is 9.88 Å². The van der Waals surface area contributed by atoms with Gasteiger partial charge < -0.3 is 19.1 Å². The molecule has 1 aromatic heterocycles. The van der Waals surface area contributed by atoms with Crippen LogP contribution in [0.1, 0.15) is 22.3 Å². The minimum absolute atomic E-state index is 0.0363. The molecule has 0 radical (unpaired) electrons. The zero-order valence-electron chi connectivity index (χ0n) is 22.6. The van der Waals surface area contributed by atoms with E-state index in [9.17, 15) is 14.4 Å². The monoisotopic (exact) mass is 559 g/mol. The van der Waals surface area contributed by atoms with Crippen LogP contribution in [-0.4, -0.2) is 67.8 Å². The van der Waals surface area contributed by atoms with Crippen molar-refractivity contribution in [3.8, 4) is 16.3 Å². The molecule has 1 unspecified atom stereocenters. The second kappa shape index (κ2) is 11.5. The van der Waals surface area contributed by atoms with E-state index < -0.39 is 30.1 Å². The summed E-state index contributed by atoms with van der Waals surface area (Å²) in [4.78, 5) is 47.6. The lowest BCUT2D eigenvalue weighted by Gasteiger charge is -2.30. The van der Waals surface area contributed by atoms with Gasteiger partial charge >= 0.3 is 0 Å². The number of carbonyl (C=O) groups is 3. The molecule has 206 valence electrons. The van der Waals surface area contributed by atoms with E-state index in [0.29, 0.717) is 17.0 Å². The number of aryl methyl sites for hydroxylation is 1. The van der Waals surface area contributed by atoms with E-state index in [1.165, 1.54) is 31.8 Å². The Balaban J connectivity index is 1.40. The molecule has 40 heavy (non-hydrogen) atoms. The van der Waals surface area contributed by atoms with Crippen molar-refractivity contribution in [1.82, 2.24) is 9.88 Å². The highest BCUT2D eigenvalue weighted by atomic mass is 32.1. The first kappa shape index (κ1) is 27.4. The molecule has 3 amide bonds. The zero-order valence-corrected chi connectivity index (χ0v) is 23.4. The van der Waals surface area contributed by atoms with Crippen molar-refractivity contribution in [2.75, 3.05) is 32.8 Å². The van der Waals surface area contributed by atoms with Crippen molar-refractivity contribution < 1.29 is 28.6 Å². The van der Waals surface area contributed by atoms with Gasteiger partial charge in [0, 0.05) is 25.3 Å². The molecule has 0 aliphatic carbocycles. The van der Waals surface area contributed by atoms with Crippen LogP contribution in [0.15, 0.2) is 66.7 Å². The zero-order chi connectivity index (χ0) is 28.4. The van der Waals surface area contributed by atoms with Crippen molar-refractivity contribution in [1.29, 1.82) is 0 Å². The van der Waals surface area contributed by atoms with Crippen molar-refractivity contribution in [3.05, 3.63) is 77.9 Å². The number of nitrogens with zero attached hydrogens (tertiary/aromatic N) is 3. The van der Waals surface area contributed by atoms with Gasteiger partial charge in [0.2, 0.25) is 5.91 Å². The van der Waals surface area contributed by atoms with E-state index in [-0.39, 0.29) is 13.0 Å². The van der Waals surface area contributed by atoms with Crippen molar-refractivity contribution in [3.63, 3.8) is 0 Å². The highest BCUT2D eigenvalue weighted by molar-refractivity contribution is 7.21. The largest absolute Gasteiger partial charge is 0.497 e. The predicted octanol–water partition coefficient (Wildman–Crippen LogP) is 4.67. The molecule has 0 N–H and O–H groups in total. The van der Waals surface area contributed by atoms with Crippen molar-refractivity contribution >= 4 is 45.0 Å². The smallest absolute Gasteiger partial charge is 0.257 e. The molecule has 1 aliphatic heterocycles. The molecule has 1 saturated heterocycles. The number of amides is 3. The topological polar surface area (TPSA) is 98.3 Å². The Morgan fingerprint density at radius 2 is 1.73 bits per heavy atom. The Bertz CT molecular complexity index is 1550. The maximum absolute atomic E-state index is 13.7. The van der Waals surface area contributed by atoms with E-state index in [1.807, 2.05) is 31.2 Å². The molecular formula is C30H29N3O6S. The number of aromatic nitrogens is 1. The number of imide groups is 1. The number of anilines is 1. The third-order valence-electron chi connectivity index (χ3n) is 6.88. The van der Waals surface area contributed by atoms with Gasteiger partial charge in [0.1, 0.15) is 16.8 Å². The van der Waals surface area contributed by atoms with Crippen LogP contribution >= 0.6 is 11.3 Å². The van der Waals surface area contributed by atoms with Gasteiger partial charge in [-0.2, -0.15) is 0 Å². The van der Waals surface area contributed by atoms with Crippen LogP contribution in [0.3, 0.4) is 0 Å². The molecule has 0 saturated carbocycles. The summed E-state index contributed by atoms with van der Waals surface area (Å²) < 4.78 is 16.9. The number of methoxy groups -OCH3 is 3. The Hall–Kier alpha value is -4.12. The number of thiazole rings is 1. The minimum Gasteiger partial charge on any atom is -0.497 e.